The second-order valence-electron chi connectivity index (χ2n) is 5.02. The highest BCUT2D eigenvalue weighted by Gasteiger charge is 2.30. The van der Waals surface area contributed by atoms with Crippen LogP contribution >= 0.6 is 23.2 Å². The van der Waals surface area contributed by atoms with E-state index in [1.807, 2.05) is 12.1 Å². The molecule has 3 rings (SSSR count). The van der Waals surface area contributed by atoms with Crippen molar-refractivity contribution in [2.45, 2.75) is 6.04 Å². The summed E-state index contributed by atoms with van der Waals surface area (Å²) < 4.78 is 1.36. The predicted octanol–water partition coefficient (Wildman–Crippen LogP) is 3.34. The van der Waals surface area contributed by atoms with Crippen LogP contribution < -0.4 is 10.5 Å². The molecule has 1 aromatic heterocycles. The van der Waals surface area contributed by atoms with Gasteiger partial charge in [0.1, 0.15) is 5.69 Å². The van der Waals surface area contributed by atoms with Crippen LogP contribution in [0.25, 0.3) is 0 Å². The van der Waals surface area contributed by atoms with Gasteiger partial charge in [-0.3, -0.25) is 14.5 Å². The van der Waals surface area contributed by atoms with Gasteiger partial charge in [-0.25, -0.2) is 0 Å². The van der Waals surface area contributed by atoms with Gasteiger partial charge < -0.3 is 4.57 Å². The largest absolute Gasteiger partial charge is 0.315 e. The molecule has 1 aliphatic rings. The molecule has 2 heterocycles. The maximum Gasteiger partial charge on any atom is 0.274 e. The van der Waals surface area contributed by atoms with Crippen LogP contribution in [-0.4, -0.2) is 10.5 Å². The smallest absolute Gasteiger partial charge is 0.274 e. The molecule has 0 spiro atoms. The van der Waals surface area contributed by atoms with E-state index in [0.717, 1.165) is 5.56 Å². The molecule has 1 amide bonds. The van der Waals surface area contributed by atoms with Crippen LogP contribution in [0.5, 0.6) is 0 Å². The van der Waals surface area contributed by atoms with E-state index in [1.54, 1.807) is 25.3 Å². The molecule has 6 heteroatoms. The predicted molar refractivity (Wildman–Crippen MR) is 87.5 cm³/mol. The van der Waals surface area contributed by atoms with Gasteiger partial charge in [0, 0.05) is 24.3 Å². The van der Waals surface area contributed by atoms with Crippen molar-refractivity contribution in [1.82, 2.24) is 4.57 Å². The van der Waals surface area contributed by atoms with Gasteiger partial charge in [0.15, 0.2) is 0 Å². The maximum absolute atomic E-state index is 12.3. The molecular weight excluding hydrogens is 323 g/mol. The summed E-state index contributed by atoms with van der Waals surface area (Å²) in [6.07, 6.45) is 4.73. The third-order valence-corrected chi connectivity index (χ3v) is 4.00. The number of aryl methyl sites for hydroxylation is 1. The Morgan fingerprint density at radius 1 is 1.05 bits per heavy atom. The number of pyridine rings is 1. The zero-order valence-corrected chi connectivity index (χ0v) is 13.2. The number of hydrogen-bond donors (Lipinski definition) is 0. The lowest BCUT2D eigenvalue weighted by atomic mass is 10.1. The molecule has 0 N–H and O–H groups in total. The van der Waals surface area contributed by atoms with E-state index < -0.39 is 0 Å². The fourth-order valence-electron chi connectivity index (χ4n) is 2.49. The number of aromatic nitrogens is 1. The fourth-order valence-corrected chi connectivity index (χ4v) is 2.87. The molecule has 1 atom stereocenters. The fraction of sp³-hybridized carbons (Fsp3) is 0.125. The van der Waals surface area contributed by atoms with Crippen LogP contribution in [-0.2, 0) is 11.8 Å². The van der Waals surface area contributed by atoms with Gasteiger partial charge in [-0.05, 0) is 23.8 Å². The second-order valence-corrected chi connectivity index (χ2v) is 5.90. The minimum Gasteiger partial charge on any atom is -0.315 e. The Bertz CT molecular complexity index is 825. The van der Waals surface area contributed by atoms with E-state index in [4.69, 9.17) is 23.2 Å². The van der Waals surface area contributed by atoms with Gasteiger partial charge in [0.05, 0.1) is 11.1 Å². The second kappa shape index (κ2) is 5.63. The lowest BCUT2D eigenvalue weighted by Crippen LogP contribution is -2.34. The quantitative estimate of drug-likeness (QED) is 0.845. The molecule has 2 aromatic rings. The Hall–Kier alpha value is -2.04. The van der Waals surface area contributed by atoms with E-state index in [2.05, 4.69) is 0 Å². The normalized spacial score (nSPS) is 17.3. The number of nitrogens with zero attached hydrogens (tertiary/aromatic N) is 2. The highest BCUT2D eigenvalue weighted by Crippen LogP contribution is 2.32. The maximum atomic E-state index is 12.3. The topological polar surface area (TPSA) is 42.3 Å². The highest BCUT2D eigenvalue weighted by atomic mass is 35.5. The highest BCUT2D eigenvalue weighted by molar-refractivity contribution is 6.31. The summed E-state index contributed by atoms with van der Waals surface area (Å²) >= 11 is 11.9. The molecular formula is C16H12Cl2N2O2. The number of carbonyl (C=O) groups excluding carboxylic acids is 1. The minimum atomic E-state index is -0.351. The van der Waals surface area contributed by atoms with Crippen molar-refractivity contribution >= 4 is 34.8 Å². The molecule has 0 saturated heterocycles. The Morgan fingerprint density at radius 3 is 2.41 bits per heavy atom. The van der Waals surface area contributed by atoms with Crippen LogP contribution in [0.2, 0.25) is 10.0 Å². The van der Waals surface area contributed by atoms with Crippen molar-refractivity contribution in [2.24, 2.45) is 7.05 Å². The summed E-state index contributed by atoms with van der Waals surface area (Å²) in [5.74, 6) is -0.251. The Morgan fingerprint density at radius 2 is 1.73 bits per heavy atom. The van der Waals surface area contributed by atoms with Crippen molar-refractivity contribution in [1.29, 1.82) is 0 Å². The molecule has 1 unspecified atom stereocenters. The van der Waals surface area contributed by atoms with Crippen LogP contribution in [0.15, 0.2) is 53.5 Å². The number of carbonyl (C=O) groups is 1. The first kappa shape index (κ1) is 14.9. The molecule has 0 fully saturated rings. The SMILES string of the molecule is Cn1cc(Cl)cc(N2C(=O)C=CC2c2ccc(Cl)cc2)c1=O. The molecule has 0 bridgehead atoms. The Balaban J connectivity index is 2.10. The zero-order chi connectivity index (χ0) is 15.9. The van der Waals surface area contributed by atoms with Crippen molar-refractivity contribution in [2.75, 3.05) is 4.90 Å². The molecule has 1 aliphatic heterocycles. The lowest BCUT2D eigenvalue weighted by Gasteiger charge is -2.25. The van der Waals surface area contributed by atoms with Gasteiger partial charge in [0.25, 0.3) is 11.5 Å². The summed E-state index contributed by atoms with van der Waals surface area (Å²) in [6.45, 7) is 0. The van der Waals surface area contributed by atoms with Gasteiger partial charge in [-0.2, -0.15) is 0 Å². The van der Waals surface area contributed by atoms with Gasteiger partial charge in [-0.1, -0.05) is 41.4 Å². The van der Waals surface area contributed by atoms with Crippen LogP contribution in [0, 0.1) is 0 Å². The molecule has 22 heavy (non-hydrogen) atoms. The van der Waals surface area contributed by atoms with Crippen molar-refractivity contribution in [3.05, 3.63) is 74.6 Å². The summed E-state index contributed by atoms with van der Waals surface area (Å²) in [4.78, 5) is 26.0. The van der Waals surface area contributed by atoms with E-state index in [1.165, 1.54) is 27.8 Å². The molecule has 0 saturated carbocycles. The third kappa shape index (κ3) is 2.56. The van der Waals surface area contributed by atoms with Gasteiger partial charge in [-0.15, -0.1) is 0 Å². The monoisotopic (exact) mass is 334 g/mol. The van der Waals surface area contributed by atoms with Crippen LogP contribution in [0.4, 0.5) is 5.69 Å². The third-order valence-electron chi connectivity index (χ3n) is 3.54. The standard InChI is InChI=1S/C16H12Cl2N2O2/c1-19-9-12(18)8-14(16(19)22)20-13(6-7-15(20)21)10-2-4-11(17)5-3-10/h2-9,13H,1H3. The van der Waals surface area contributed by atoms with Crippen molar-refractivity contribution < 1.29 is 4.79 Å². The average Bonchev–Trinajstić information content (AvgIpc) is 2.85. The number of hydrogen-bond acceptors (Lipinski definition) is 2. The summed E-state index contributed by atoms with van der Waals surface area (Å²) in [5.41, 5.74) is 0.846. The first-order valence-corrected chi connectivity index (χ1v) is 7.36. The molecule has 4 nitrogen and oxygen atoms in total. The number of halogens is 2. The van der Waals surface area contributed by atoms with E-state index >= 15 is 0 Å². The van der Waals surface area contributed by atoms with E-state index in [0.29, 0.717) is 10.0 Å². The zero-order valence-electron chi connectivity index (χ0n) is 11.7. The Labute approximate surface area is 137 Å². The van der Waals surface area contributed by atoms with Crippen molar-refractivity contribution in [3.8, 4) is 0 Å². The molecule has 0 radical (unpaired) electrons. The summed E-state index contributed by atoms with van der Waals surface area (Å²) in [5, 5.41) is 1.01. The molecule has 0 aliphatic carbocycles. The molecule has 1 aromatic carbocycles. The van der Waals surface area contributed by atoms with Crippen molar-refractivity contribution in [3.63, 3.8) is 0 Å². The number of anilines is 1. The van der Waals surface area contributed by atoms with Gasteiger partial charge in [0.2, 0.25) is 0 Å². The van der Waals surface area contributed by atoms with Crippen LogP contribution in [0.3, 0.4) is 0 Å². The minimum absolute atomic E-state index is 0.251. The molecule has 112 valence electrons. The Kier molecular flexibility index (Phi) is 3.81. The summed E-state index contributed by atoms with van der Waals surface area (Å²) in [6, 6.07) is 8.33. The average molecular weight is 335 g/mol. The van der Waals surface area contributed by atoms with Gasteiger partial charge >= 0.3 is 0 Å². The number of rotatable bonds is 2. The lowest BCUT2D eigenvalue weighted by molar-refractivity contribution is -0.113. The number of benzene rings is 1. The van der Waals surface area contributed by atoms with E-state index in [9.17, 15) is 9.59 Å². The number of amides is 1. The summed E-state index contributed by atoms with van der Waals surface area (Å²) in [7, 11) is 1.60. The van der Waals surface area contributed by atoms with Crippen LogP contribution in [0.1, 0.15) is 11.6 Å². The first-order valence-electron chi connectivity index (χ1n) is 6.60. The van der Waals surface area contributed by atoms with E-state index in [-0.39, 0.29) is 23.2 Å². The first-order chi connectivity index (χ1) is 10.5.